The molecule has 2 atom stereocenters. The van der Waals surface area contributed by atoms with Gasteiger partial charge in [-0.15, -0.1) is 0 Å². The van der Waals surface area contributed by atoms with E-state index in [1.54, 1.807) is 25.2 Å². The minimum atomic E-state index is -3.34. The number of sulfone groups is 1. The molecule has 36 heavy (non-hydrogen) atoms. The molecular weight excluding hydrogens is 489 g/mol. The van der Waals surface area contributed by atoms with Crippen molar-refractivity contribution in [1.82, 2.24) is 5.48 Å². The molecule has 4 rings (SSSR count). The van der Waals surface area contributed by atoms with Crippen LogP contribution >= 0.6 is 0 Å². The van der Waals surface area contributed by atoms with E-state index < -0.39 is 22.0 Å². The fourth-order valence-electron chi connectivity index (χ4n) is 4.49. The molecule has 1 amide bonds. The maximum Gasteiger partial charge on any atom is 0.223 e. The van der Waals surface area contributed by atoms with Crippen molar-refractivity contribution in [2.45, 2.75) is 26.1 Å². The number of anilines is 1. The van der Waals surface area contributed by atoms with E-state index in [4.69, 9.17) is 14.0 Å². The number of carbonyl (C=O) groups excluding carboxylic acids is 1. The number of halogens is 1. The second kappa shape index (κ2) is 10.00. The number of furan rings is 1. The highest BCUT2D eigenvalue weighted by molar-refractivity contribution is 7.90. The van der Waals surface area contributed by atoms with E-state index in [9.17, 15) is 17.6 Å². The van der Waals surface area contributed by atoms with Crippen LogP contribution in [0.3, 0.4) is 0 Å². The minimum Gasteiger partial charge on any atom is -0.455 e. The van der Waals surface area contributed by atoms with Gasteiger partial charge in [-0.1, -0.05) is 0 Å². The molecule has 0 spiro atoms. The summed E-state index contributed by atoms with van der Waals surface area (Å²) in [6.45, 7) is 3.31. The number of hydroxylamine groups is 1. The third-order valence-electron chi connectivity index (χ3n) is 5.98. The summed E-state index contributed by atoms with van der Waals surface area (Å²) in [5.41, 5.74) is 5.69. The van der Waals surface area contributed by atoms with Crippen molar-refractivity contribution in [2.75, 3.05) is 37.6 Å². The molecule has 2 heterocycles. The van der Waals surface area contributed by atoms with Crippen molar-refractivity contribution in [2.24, 2.45) is 4.99 Å². The highest BCUT2D eigenvalue weighted by atomic mass is 32.2. The number of rotatable bonds is 5. The molecule has 1 aliphatic heterocycles. The number of amides is 1. The molecule has 192 valence electrons. The summed E-state index contributed by atoms with van der Waals surface area (Å²) < 4.78 is 49.9. The van der Waals surface area contributed by atoms with Gasteiger partial charge in [0, 0.05) is 42.8 Å². The predicted octanol–water partition coefficient (Wildman–Crippen LogP) is 3.62. The molecule has 11 heteroatoms. The fraction of sp³-hybridized carbons (Fsp3) is 0.360. The van der Waals surface area contributed by atoms with Crippen LogP contribution in [0.4, 0.5) is 10.1 Å². The standard InChI is InChI=1S/C25H28FN3O6S/c1-14-19-10-20-22(11-21(19)29(15(2)30)12-18(34-14)13-36(5,31)32)35-24(16-6-8-17(26)9-7-16)23(20)25(27-3)28-33-4/h6-11,14,18H,12-13H2,1-5H3,(H,27,28). The van der Waals surface area contributed by atoms with Crippen molar-refractivity contribution in [3.05, 3.63) is 53.3 Å². The summed E-state index contributed by atoms with van der Waals surface area (Å²) in [5.74, 6) is -0.0250. The molecule has 0 saturated carbocycles. The molecule has 1 aliphatic rings. The van der Waals surface area contributed by atoms with Crippen LogP contribution in [0.25, 0.3) is 22.3 Å². The van der Waals surface area contributed by atoms with Gasteiger partial charge in [0.2, 0.25) is 5.91 Å². The first-order valence-corrected chi connectivity index (χ1v) is 13.3. The lowest BCUT2D eigenvalue weighted by Crippen LogP contribution is -2.39. The smallest absolute Gasteiger partial charge is 0.223 e. The van der Waals surface area contributed by atoms with Gasteiger partial charge in [0.25, 0.3) is 0 Å². The third kappa shape index (κ3) is 5.13. The maximum absolute atomic E-state index is 13.6. The second-order valence-corrected chi connectivity index (χ2v) is 10.9. The molecule has 1 aromatic heterocycles. The van der Waals surface area contributed by atoms with Gasteiger partial charge in [0.05, 0.1) is 42.9 Å². The van der Waals surface area contributed by atoms with Gasteiger partial charge in [-0.3, -0.25) is 14.6 Å². The van der Waals surface area contributed by atoms with E-state index in [1.807, 2.05) is 13.0 Å². The molecule has 0 aliphatic carbocycles. The Kier molecular flexibility index (Phi) is 7.17. The lowest BCUT2D eigenvalue weighted by Gasteiger charge is -2.23. The Morgan fingerprint density at radius 1 is 1.28 bits per heavy atom. The summed E-state index contributed by atoms with van der Waals surface area (Å²) in [6.07, 6.45) is -0.0770. The predicted molar refractivity (Wildman–Crippen MR) is 135 cm³/mol. The zero-order valence-electron chi connectivity index (χ0n) is 20.7. The zero-order chi connectivity index (χ0) is 26.2. The van der Waals surface area contributed by atoms with Crippen LogP contribution in [0.5, 0.6) is 0 Å². The van der Waals surface area contributed by atoms with E-state index in [2.05, 4.69) is 10.5 Å². The summed E-state index contributed by atoms with van der Waals surface area (Å²) in [4.78, 5) is 23.6. The normalized spacial score (nSPS) is 18.7. The number of benzene rings is 2. The van der Waals surface area contributed by atoms with E-state index >= 15 is 0 Å². The Morgan fingerprint density at radius 2 is 1.97 bits per heavy atom. The minimum absolute atomic E-state index is 0.0799. The summed E-state index contributed by atoms with van der Waals surface area (Å²) >= 11 is 0. The highest BCUT2D eigenvalue weighted by Crippen LogP contribution is 2.41. The maximum atomic E-state index is 13.6. The topological polar surface area (TPSA) is 110 Å². The number of hydrogen-bond acceptors (Lipinski definition) is 7. The first kappa shape index (κ1) is 25.8. The van der Waals surface area contributed by atoms with Crippen LogP contribution < -0.4 is 10.4 Å². The molecule has 3 aromatic rings. The zero-order valence-corrected chi connectivity index (χ0v) is 21.5. The van der Waals surface area contributed by atoms with Crippen LogP contribution in [0, 0.1) is 5.82 Å². The van der Waals surface area contributed by atoms with Crippen LogP contribution in [0.2, 0.25) is 0 Å². The highest BCUT2D eigenvalue weighted by Gasteiger charge is 2.33. The van der Waals surface area contributed by atoms with Gasteiger partial charge in [0.1, 0.15) is 27.0 Å². The van der Waals surface area contributed by atoms with Crippen molar-refractivity contribution in [1.29, 1.82) is 0 Å². The summed E-state index contributed by atoms with van der Waals surface area (Å²) in [6, 6.07) is 9.47. The molecule has 9 nitrogen and oxygen atoms in total. The number of carbonyl (C=O) groups is 1. The molecule has 2 unspecified atom stereocenters. The number of nitrogens with one attached hydrogen (secondary N) is 1. The van der Waals surface area contributed by atoms with Gasteiger partial charge in [0.15, 0.2) is 5.84 Å². The molecule has 1 N–H and O–H groups in total. The molecular formula is C25H28FN3O6S. The number of fused-ring (bicyclic) bond motifs is 2. The van der Waals surface area contributed by atoms with Crippen molar-refractivity contribution >= 4 is 38.2 Å². The van der Waals surface area contributed by atoms with Crippen molar-refractivity contribution < 1.29 is 31.6 Å². The van der Waals surface area contributed by atoms with E-state index in [0.29, 0.717) is 44.9 Å². The van der Waals surface area contributed by atoms with Gasteiger partial charge < -0.3 is 14.1 Å². The molecule has 0 saturated heterocycles. The fourth-order valence-corrected chi connectivity index (χ4v) is 5.35. The lowest BCUT2D eigenvalue weighted by atomic mass is 10.00. The van der Waals surface area contributed by atoms with E-state index in [0.717, 1.165) is 6.26 Å². The number of amidine groups is 1. The van der Waals surface area contributed by atoms with Gasteiger partial charge in [-0.25, -0.2) is 18.3 Å². The molecule has 2 aromatic carbocycles. The number of aliphatic imine (C=N–C) groups is 1. The van der Waals surface area contributed by atoms with Crippen LogP contribution in [0.15, 0.2) is 45.8 Å². The van der Waals surface area contributed by atoms with E-state index in [-0.39, 0.29) is 24.0 Å². The molecule has 0 radical (unpaired) electrons. The molecule has 0 bridgehead atoms. The van der Waals surface area contributed by atoms with E-state index in [1.165, 1.54) is 31.1 Å². The Bertz CT molecular complexity index is 1430. The number of hydrogen-bond donors (Lipinski definition) is 1. The monoisotopic (exact) mass is 517 g/mol. The van der Waals surface area contributed by atoms with Crippen molar-refractivity contribution in [3.8, 4) is 11.3 Å². The quantitative estimate of drug-likeness (QED) is 0.313. The van der Waals surface area contributed by atoms with Gasteiger partial charge in [-0.2, -0.15) is 0 Å². The molecule has 0 fully saturated rings. The number of ether oxygens (including phenoxy) is 1. The third-order valence-corrected chi connectivity index (χ3v) is 6.96. The Balaban J connectivity index is 1.96. The Labute approximate surface area is 208 Å². The van der Waals surface area contributed by atoms with Gasteiger partial charge >= 0.3 is 0 Å². The van der Waals surface area contributed by atoms with Gasteiger partial charge in [-0.05, 0) is 37.3 Å². The van der Waals surface area contributed by atoms with Crippen molar-refractivity contribution in [3.63, 3.8) is 0 Å². The summed E-state index contributed by atoms with van der Waals surface area (Å²) in [5, 5.41) is 0.666. The van der Waals surface area contributed by atoms with Crippen LogP contribution in [0.1, 0.15) is 31.1 Å². The summed E-state index contributed by atoms with van der Waals surface area (Å²) in [7, 11) is -0.288. The SMILES string of the molecule is CN=C(NOC)c1c(-c2ccc(F)cc2)oc2cc3c(cc12)C(C)OC(CS(C)(=O)=O)CN3C(C)=O. The first-order chi connectivity index (χ1) is 17.0. The first-order valence-electron chi connectivity index (χ1n) is 11.3. The van der Waals surface area contributed by atoms with Crippen LogP contribution in [-0.2, 0) is 24.2 Å². The average Bonchev–Trinajstić information content (AvgIpc) is 3.11. The largest absolute Gasteiger partial charge is 0.455 e. The Morgan fingerprint density at radius 3 is 2.56 bits per heavy atom. The Hall–Kier alpha value is -3.28. The average molecular weight is 518 g/mol. The van der Waals surface area contributed by atoms with Crippen LogP contribution in [-0.4, -0.2) is 59.0 Å². The lowest BCUT2D eigenvalue weighted by molar-refractivity contribution is -0.117. The second-order valence-electron chi connectivity index (χ2n) is 8.72. The number of nitrogens with zero attached hydrogens (tertiary/aromatic N) is 2.